The maximum atomic E-state index is 15.3. The van der Waals surface area contributed by atoms with Crippen LogP contribution in [0.15, 0.2) is 72.8 Å². The van der Waals surface area contributed by atoms with E-state index in [1.54, 1.807) is 37.3 Å². The highest BCUT2D eigenvalue weighted by molar-refractivity contribution is 7.26. The molecule has 10 heteroatoms. The highest BCUT2D eigenvalue weighted by Crippen LogP contribution is 2.47. The van der Waals surface area contributed by atoms with E-state index in [4.69, 9.17) is 9.47 Å². The number of halogens is 4. The Kier molecular flexibility index (Phi) is 8.29. The highest BCUT2D eigenvalue weighted by Gasteiger charge is 2.34. The van der Waals surface area contributed by atoms with Gasteiger partial charge in [-0.3, -0.25) is 0 Å². The minimum atomic E-state index is -5.00. The number of hydrogen-bond acceptors (Lipinski definition) is 6. The number of carbonyl (C=O) groups is 2. The van der Waals surface area contributed by atoms with Gasteiger partial charge in [-0.25, -0.2) is 14.0 Å². The fourth-order valence-corrected chi connectivity index (χ4v) is 5.17. The molecule has 0 bridgehead atoms. The number of hydrogen-bond donors (Lipinski definition) is 0. The topological polar surface area (TPSA) is 61.8 Å². The summed E-state index contributed by atoms with van der Waals surface area (Å²) >= 11 is 0.774. The first kappa shape index (κ1) is 28.8. The molecule has 0 unspecified atom stereocenters. The maximum Gasteiger partial charge on any atom is 0.573 e. The normalized spacial score (nSPS) is 11.4. The quantitative estimate of drug-likeness (QED) is 0.0664. The van der Waals surface area contributed by atoms with Crippen LogP contribution in [0.5, 0.6) is 11.5 Å². The Hall–Kier alpha value is -4.18. The number of fused-ring (bicyclic) bond motifs is 3. The van der Waals surface area contributed by atoms with Gasteiger partial charge in [-0.2, -0.15) is 0 Å². The Morgan fingerprint density at radius 1 is 0.875 bits per heavy atom. The first-order valence-electron chi connectivity index (χ1n) is 12.1. The van der Waals surface area contributed by atoms with Crippen molar-refractivity contribution in [2.24, 2.45) is 0 Å². The molecule has 0 aliphatic rings. The van der Waals surface area contributed by atoms with Crippen molar-refractivity contribution in [1.82, 2.24) is 0 Å². The number of ether oxygens (including phenoxy) is 3. The molecule has 1 aromatic heterocycles. The predicted molar refractivity (Wildman–Crippen MR) is 146 cm³/mol. The van der Waals surface area contributed by atoms with Crippen LogP contribution in [0.3, 0.4) is 0 Å². The summed E-state index contributed by atoms with van der Waals surface area (Å²) in [5.41, 5.74) is 1.92. The molecule has 5 nitrogen and oxygen atoms in total. The lowest BCUT2D eigenvalue weighted by atomic mass is 10.00. The van der Waals surface area contributed by atoms with Crippen molar-refractivity contribution in [3.05, 3.63) is 84.2 Å². The molecule has 40 heavy (non-hydrogen) atoms. The van der Waals surface area contributed by atoms with Crippen molar-refractivity contribution in [3.8, 4) is 22.6 Å². The zero-order valence-corrected chi connectivity index (χ0v) is 22.4. The lowest BCUT2D eigenvalue weighted by Crippen LogP contribution is -2.17. The summed E-state index contributed by atoms with van der Waals surface area (Å²) < 4.78 is 70.6. The molecule has 0 aliphatic carbocycles. The van der Waals surface area contributed by atoms with Gasteiger partial charge in [0.25, 0.3) is 0 Å². The molecule has 4 aromatic rings. The van der Waals surface area contributed by atoms with Gasteiger partial charge >= 0.3 is 18.3 Å². The largest absolute Gasteiger partial charge is 0.573 e. The van der Waals surface area contributed by atoms with Gasteiger partial charge < -0.3 is 14.2 Å². The first-order chi connectivity index (χ1) is 18.9. The molecule has 0 saturated heterocycles. The second-order valence-corrected chi connectivity index (χ2v) is 10.1. The standard InChI is InChI=1S/C30H24F4O5S/c1-16(2)28(35)37-15-5-6-18-7-9-19(10-8-18)20-11-12-22-21-13-14-23(38-29(36)17(3)4)24(31)26(21)40-27(22)25(20)39-30(32,33)34/h7-14H,1,3,5-6,15H2,2,4H3. The third-order valence-electron chi connectivity index (χ3n) is 5.89. The summed E-state index contributed by atoms with van der Waals surface area (Å²) in [5, 5.41) is 0.717. The van der Waals surface area contributed by atoms with Crippen molar-refractivity contribution in [3.63, 3.8) is 0 Å². The van der Waals surface area contributed by atoms with Crippen LogP contribution in [0, 0.1) is 5.82 Å². The van der Waals surface area contributed by atoms with Gasteiger partial charge in [0.05, 0.1) is 16.0 Å². The molecule has 1 heterocycles. The molecule has 0 fully saturated rings. The zero-order valence-electron chi connectivity index (χ0n) is 21.6. The van der Waals surface area contributed by atoms with Crippen LogP contribution in [0.2, 0.25) is 0 Å². The van der Waals surface area contributed by atoms with Crippen molar-refractivity contribution in [1.29, 1.82) is 0 Å². The van der Waals surface area contributed by atoms with Gasteiger partial charge in [0.2, 0.25) is 0 Å². The van der Waals surface area contributed by atoms with Gasteiger partial charge in [0.1, 0.15) is 0 Å². The smallest absolute Gasteiger partial charge is 0.462 e. The molecule has 4 rings (SSSR count). The molecule has 3 aromatic carbocycles. The number of alkyl halides is 3. The minimum absolute atomic E-state index is 0.0221. The molecule has 208 valence electrons. The number of carbonyl (C=O) groups excluding carboxylic acids is 2. The van der Waals surface area contributed by atoms with E-state index in [0.717, 1.165) is 16.9 Å². The van der Waals surface area contributed by atoms with Crippen LogP contribution < -0.4 is 9.47 Å². The Balaban J connectivity index is 1.69. The fourth-order valence-electron chi connectivity index (χ4n) is 3.95. The van der Waals surface area contributed by atoms with Gasteiger partial charge in [-0.15, -0.1) is 24.5 Å². The van der Waals surface area contributed by atoms with Crippen LogP contribution in [0.25, 0.3) is 31.3 Å². The molecule has 0 spiro atoms. The SMILES string of the molecule is C=C(C)C(=O)OCCCc1ccc(-c2ccc3c(sc4c(F)c(OC(=O)C(=C)C)ccc43)c2OC(F)(F)F)cc1. The van der Waals surface area contributed by atoms with Crippen LogP contribution in [0.1, 0.15) is 25.8 Å². The van der Waals surface area contributed by atoms with E-state index in [1.165, 1.54) is 25.1 Å². The van der Waals surface area contributed by atoms with Crippen LogP contribution in [-0.2, 0) is 20.7 Å². The summed E-state index contributed by atoms with van der Waals surface area (Å²) in [4.78, 5) is 23.4. The molecule has 0 amide bonds. The number of rotatable bonds is 9. The van der Waals surface area contributed by atoms with Gasteiger partial charge in [-0.1, -0.05) is 43.5 Å². The summed E-state index contributed by atoms with van der Waals surface area (Å²) in [6.45, 7) is 10.2. The number of esters is 2. The zero-order chi connectivity index (χ0) is 29.2. The second-order valence-electron chi connectivity index (χ2n) is 9.11. The van der Waals surface area contributed by atoms with E-state index < -0.39 is 29.9 Å². The second kappa shape index (κ2) is 11.5. The fraction of sp³-hybridized carbons (Fsp3) is 0.200. The number of benzene rings is 3. The minimum Gasteiger partial charge on any atom is -0.462 e. The van der Waals surface area contributed by atoms with E-state index in [9.17, 15) is 22.8 Å². The average molecular weight is 573 g/mol. The van der Waals surface area contributed by atoms with Crippen LogP contribution >= 0.6 is 11.3 Å². The Bertz CT molecular complexity index is 1630. The lowest BCUT2D eigenvalue weighted by Gasteiger charge is -2.15. The van der Waals surface area contributed by atoms with Gasteiger partial charge in [-0.05, 0) is 56.0 Å². The number of aryl methyl sites for hydroxylation is 1. The van der Waals surface area contributed by atoms with Crippen molar-refractivity contribution < 1.29 is 41.4 Å². The molecular formula is C30H24F4O5S. The summed E-state index contributed by atoms with van der Waals surface area (Å²) in [7, 11) is 0. The molecule has 0 radical (unpaired) electrons. The Morgan fingerprint density at radius 3 is 2.12 bits per heavy atom. The van der Waals surface area contributed by atoms with Crippen molar-refractivity contribution in [2.75, 3.05) is 6.61 Å². The summed E-state index contributed by atoms with van der Waals surface area (Å²) in [6, 6.07) is 12.7. The van der Waals surface area contributed by atoms with Crippen molar-refractivity contribution >= 4 is 43.4 Å². The molecule has 0 saturated carbocycles. The summed E-state index contributed by atoms with van der Waals surface area (Å²) in [5.74, 6) is -2.96. The first-order valence-corrected chi connectivity index (χ1v) is 12.9. The maximum absolute atomic E-state index is 15.3. The predicted octanol–water partition coefficient (Wildman–Crippen LogP) is 8.29. The number of thiophene rings is 1. The Labute approximate surface area is 231 Å². The molecule has 0 N–H and O–H groups in total. The van der Waals surface area contributed by atoms with Gasteiger partial charge in [0.15, 0.2) is 17.3 Å². The third-order valence-corrected chi connectivity index (χ3v) is 7.11. The van der Waals surface area contributed by atoms with E-state index >= 15 is 4.39 Å². The third kappa shape index (κ3) is 6.34. The van der Waals surface area contributed by atoms with E-state index in [0.29, 0.717) is 34.8 Å². The van der Waals surface area contributed by atoms with Crippen LogP contribution in [-0.4, -0.2) is 24.9 Å². The molecule has 0 aliphatic heterocycles. The van der Waals surface area contributed by atoms with E-state index in [1.807, 2.05) is 0 Å². The average Bonchev–Trinajstić information content (AvgIpc) is 3.28. The molecule has 0 atom stereocenters. The van der Waals surface area contributed by atoms with Gasteiger partial charge in [0, 0.05) is 27.5 Å². The van der Waals surface area contributed by atoms with E-state index in [-0.39, 0.29) is 32.9 Å². The Morgan fingerprint density at radius 2 is 1.50 bits per heavy atom. The van der Waals surface area contributed by atoms with E-state index in [2.05, 4.69) is 17.9 Å². The highest BCUT2D eigenvalue weighted by atomic mass is 32.1. The monoisotopic (exact) mass is 572 g/mol. The lowest BCUT2D eigenvalue weighted by molar-refractivity contribution is -0.273. The summed E-state index contributed by atoms with van der Waals surface area (Å²) in [6.07, 6.45) is -3.85. The molecular weight excluding hydrogens is 548 g/mol. The van der Waals surface area contributed by atoms with Crippen molar-refractivity contribution in [2.45, 2.75) is 33.1 Å². The van der Waals surface area contributed by atoms with Crippen LogP contribution in [0.4, 0.5) is 17.6 Å².